The van der Waals surface area contributed by atoms with Crippen molar-refractivity contribution in [3.8, 4) is 16.9 Å². The first-order valence-corrected chi connectivity index (χ1v) is 8.99. The Labute approximate surface area is 158 Å². The van der Waals surface area contributed by atoms with Gasteiger partial charge in [0.25, 0.3) is 5.91 Å². The van der Waals surface area contributed by atoms with Crippen LogP contribution in [0.3, 0.4) is 0 Å². The Kier molecular flexibility index (Phi) is 4.68. The van der Waals surface area contributed by atoms with E-state index in [9.17, 15) is 4.79 Å². The third-order valence-electron chi connectivity index (χ3n) is 5.11. The second-order valence-corrected chi connectivity index (χ2v) is 6.98. The number of rotatable bonds is 4. The maximum atomic E-state index is 12.9. The Hall–Kier alpha value is -3.06. The lowest BCUT2D eigenvalue weighted by Gasteiger charge is -2.24. The zero-order chi connectivity index (χ0) is 18.8. The molecule has 1 aromatic carbocycles. The third kappa shape index (κ3) is 3.59. The summed E-state index contributed by atoms with van der Waals surface area (Å²) < 4.78 is 1.75. The lowest BCUT2D eigenvalue weighted by Crippen LogP contribution is -2.38. The van der Waals surface area contributed by atoms with E-state index in [1.165, 1.54) is 0 Å². The second-order valence-electron chi connectivity index (χ2n) is 6.98. The molecule has 1 saturated heterocycles. The molecule has 2 aromatic heterocycles. The highest BCUT2D eigenvalue weighted by atomic mass is 16.2. The van der Waals surface area contributed by atoms with Gasteiger partial charge in [-0.15, -0.1) is 10.2 Å². The summed E-state index contributed by atoms with van der Waals surface area (Å²) in [5, 5.41) is 7.58. The van der Waals surface area contributed by atoms with Crippen LogP contribution in [-0.4, -0.2) is 68.7 Å². The van der Waals surface area contributed by atoms with E-state index in [4.69, 9.17) is 0 Å². The summed E-state index contributed by atoms with van der Waals surface area (Å²) in [6, 6.07) is 11.9. The van der Waals surface area contributed by atoms with Crippen molar-refractivity contribution in [1.29, 1.82) is 0 Å². The first-order valence-electron chi connectivity index (χ1n) is 8.99. The predicted molar refractivity (Wildman–Crippen MR) is 103 cm³/mol. The zero-order valence-corrected chi connectivity index (χ0v) is 15.5. The van der Waals surface area contributed by atoms with E-state index >= 15 is 0 Å². The molecule has 4 rings (SSSR count). The summed E-state index contributed by atoms with van der Waals surface area (Å²) in [5.74, 6) is 0.812. The maximum absolute atomic E-state index is 12.9. The van der Waals surface area contributed by atoms with Gasteiger partial charge in [0.15, 0.2) is 0 Å². The molecular weight excluding hydrogens is 340 g/mol. The molecule has 0 saturated carbocycles. The van der Waals surface area contributed by atoms with Crippen LogP contribution in [0, 0.1) is 0 Å². The SMILES string of the molecule is CN1CC[C@@H](N(C)C(=O)c2cccc(-c3ccc(-n4cnnc4)nc3)c2)C1. The molecule has 138 valence electrons. The minimum absolute atomic E-state index is 0.0613. The topological polar surface area (TPSA) is 67.2 Å². The number of hydrogen-bond donors (Lipinski definition) is 0. The van der Waals surface area contributed by atoms with Crippen molar-refractivity contribution in [2.45, 2.75) is 12.5 Å². The van der Waals surface area contributed by atoms with Crippen LogP contribution < -0.4 is 0 Å². The summed E-state index contributed by atoms with van der Waals surface area (Å²) in [7, 11) is 3.99. The molecule has 7 heteroatoms. The van der Waals surface area contributed by atoms with Gasteiger partial charge >= 0.3 is 0 Å². The summed E-state index contributed by atoms with van der Waals surface area (Å²) in [6.07, 6.45) is 6.04. The lowest BCUT2D eigenvalue weighted by molar-refractivity contribution is 0.0737. The summed E-state index contributed by atoms with van der Waals surface area (Å²) >= 11 is 0. The molecule has 1 aliphatic heterocycles. The van der Waals surface area contributed by atoms with E-state index < -0.39 is 0 Å². The smallest absolute Gasteiger partial charge is 0.253 e. The lowest BCUT2D eigenvalue weighted by atomic mass is 10.0. The standard InChI is InChI=1S/C20H22N6O/c1-24-9-8-18(12-24)25(2)20(27)16-5-3-4-15(10-16)17-6-7-19(21-11-17)26-13-22-23-14-26/h3-7,10-11,13-14,18H,8-9,12H2,1-2H3/t18-/m1/s1. The molecule has 27 heavy (non-hydrogen) atoms. The quantitative estimate of drug-likeness (QED) is 0.711. The van der Waals surface area contributed by atoms with E-state index in [1.54, 1.807) is 23.4 Å². The number of likely N-dealkylation sites (tertiary alicyclic amines) is 1. The van der Waals surface area contributed by atoms with Gasteiger partial charge in [-0.1, -0.05) is 12.1 Å². The number of pyridine rings is 1. The van der Waals surface area contributed by atoms with Gasteiger partial charge in [0.05, 0.1) is 0 Å². The normalized spacial score (nSPS) is 17.2. The molecule has 1 aliphatic rings. The molecule has 0 radical (unpaired) electrons. The van der Waals surface area contributed by atoms with Gasteiger partial charge in [0.1, 0.15) is 18.5 Å². The molecular formula is C20H22N6O. The van der Waals surface area contributed by atoms with Crippen molar-refractivity contribution in [1.82, 2.24) is 29.5 Å². The summed E-state index contributed by atoms with van der Waals surface area (Å²) in [4.78, 5) is 21.5. The van der Waals surface area contributed by atoms with E-state index in [1.807, 2.05) is 48.3 Å². The summed E-state index contributed by atoms with van der Waals surface area (Å²) in [6.45, 7) is 1.96. The maximum Gasteiger partial charge on any atom is 0.253 e. The van der Waals surface area contributed by atoms with E-state index in [0.29, 0.717) is 5.56 Å². The highest BCUT2D eigenvalue weighted by molar-refractivity contribution is 5.95. The Balaban J connectivity index is 1.54. The summed E-state index contributed by atoms with van der Waals surface area (Å²) in [5.41, 5.74) is 2.64. The molecule has 0 spiro atoms. The minimum Gasteiger partial charge on any atom is -0.337 e. The van der Waals surface area contributed by atoms with Crippen molar-refractivity contribution in [3.05, 3.63) is 60.8 Å². The van der Waals surface area contributed by atoms with Crippen molar-refractivity contribution in [2.75, 3.05) is 27.2 Å². The molecule has 7 nitrogen and oxygen atoms in total. The first-order chi connectivity index (χ1) is 13.1. The van der Waals surface area contributed by atoms with Crippen molar-refractivity contribution < 1.29 is 4.79 Å². The largest absolute Gasteiger partial charge is 0.337 e. The highest BCUT2D eigenvalue weighted by Crippen LogP contribution is 2.22. The fraction of sp³-hybridized carbons (Fsp3) is 0.300. The van der Waals surface area contributed by atoms with Crippen LogP contribution in [0.2, 0.25) is 0 Å². The number of likely N-dealkylation sites (N-methyl/N-ethyl adjacent to an activating group) is 2. The number of carbonyl (C=O) groups is 1. The Morgan fingerprint density at radius 3 is 2.63 bits per heavy atom. The van der Waals surface area contributed by atoms with Crippen molar-refractivity contribution in [3.63, 3.8) is 0 Å². The molecule has 3 aromatic rings. The van der Waals surface area contributed by atoms with Crippen LogP contribution in [-0.2, 0) is 0 Å². The van der Waals surface area contributed by atoms with Crippen LogP contribution in [0.15, 0.2) is 55.2 Å². The molecule has 1 amide bonds. The van der Waals surface area contributed by atoms with Gasteiger partial charge in [0.2, 0.25) is 0 Å². The van der Waals surface area contributed by atoms with Crippen molar-refractivity contribution in [2.24, 2.45) is 0 Å². The fourth-order valence-electron chi connectivity index (χ4n) is 3.46. The number of amides is 1. The molecule has 0 aliphatic carbocycles. The average Bonchev–Trinajstić information content (AvgIpc) is 3.39. The Morgan fingerprint density at radius 2 is 1.96 bits per heavy atom. The number of nitrogens with zero attached hydrogens (tertiary/aromatic N) is 6. The predicted octanol–water partition coefficient (Wildman–Crippen LogP) is 2.11. The number of carbonyl (C=O) groups excluding carboxylic acids is 1. The molecule has 0 bridgehead atoms. The number of benzene rings is 1. The second kappa shape index (κ2) is 7.28. The van der Waals surface area contributed by atoms with E-state index in [2.05, 4.69) is 27.1 Å². The molecule has 3 heterocycles. The number of hydrogen-bond acceptors (Lipinski definition) is 5. The van der Waals surface area contributed by atoms with Crippen LogP contribution in [0.1, 0.15) is 16.8 Å². The van der Waals surface area contributed by atoms with Crippen LogP contribution in [0.4, 0.5) is 0 Å². The zero-order valence-electron chi connectivity index (χ0n) is 15.5. The molecule has 1 atom stereocenters. The highest BCUT2D eigenvalue weighted by Gasteiger charge is 2.27. The van der Waals surface area contributed by atoms with Gasteiger partial charge in [-0.3, -0.25) is 9.36 Å². The molecule has 1 fully saturated rings. The Bertz CT molecular complexity index is 922. The van der Waals surface area contributed by atoms with E-state index in [0.717, 1.165) is 36.5 Å². The van der Waals surface area contributed by atoms with E-state index in [-0.39, 0.29) is 11.9 Å². The molecule has 0 N–H and O–H groups in total. The van der Waals surface area contributed by atoms with Gasteiger partial charge in [-0.25, -0.2) is 4.98 Å². The van der Waals surface area contributed by atoms with Gasteiger partial charge in [-0.2, -0.15) is 0 Å². The van der Waals surface area contributed by atoms with Gasteiger partial charge < -0.3 is 9.80 Å². The molecule has 0 unspecified atom stereocenters. The van der Waals surface area contributed by atoms with Crippen LogP contribution >= 0.6 is 0 Å². The Morgan fingerprint density at radius 1 is 1.15 bits per heavy atom. The van der Waals surface area contributed by atoms with Gasteiger partial charge in [-0.05, 0) is 49.8 Å². The van der Waals surface area contributed by atoms with Crippen molar-refractivity contribution >= 4 is 5.91 Å². The van der Waals surface area contributed by atoms with Gasteiger partial charge in [0, 0.05) is 37.0 Å². The van der Waals surface area contributed by atoms with Crippen LogP contribution in [0.25, 0.3) is 16.9 Å². The third-order valence-corrected chi connectivity index (χ3v) is 5.11. The minimum atomic E-state index is 0.0613. The first kappa shape index (κ1) is 17.4. The average molecular weight is 362 g/mol. The number of aromatic nitrogens is 4. The monoisotopic (exact) mass is 362 g/mol. The van der Waals surface area contributed by atoms with Crippen LogP contribution in [0.5, 0.6) is 0 Å². The fourth-order valence-corrected chi connectivity index (χ4v) is 3.46.